The van der Waals surface area contributed by atoms with E-state index < -0.39 is 0 Å². The smallest absolute Gasteiger partial charge is 0.274 e. The first-order valence-corrected chi connectivity index (χ1v) is 12.6. The maximum Gasteiger partial charge on any atom is 0.274 e. The second kappa shape index (κ2) is 9.30. The van der Waals surface area contributed by atoms with Crippen LogP contribution in [-0.4, -0.2) is 39.4 Å². The fourth-order valence-electron chi connectivity index (χ4n) is 5.67. The van der Waals surface area contributed by atoms with Crippen molar-refractivity contribution in [2.45, 2.75) is 51.0 Å². The number of ether oxygens (including phenoxy) is 1. The van der Waals surface area contributed by atoms with Gasteiger partial charge in [-0.15, -0.1) is 0 Å². The molecule has 1 N–H and O–H groups in total. The molecule has 3 aromatic rings. The molecule has 0 bridgehead atoms. The van der Waals surface area contributed by atoms with E-state index in [1.807, 2.05) is 33.7 Å². The third-order valence-corrected chi connectivity index (χ3v) is 7.71. The van der Waals surface area contributed by atoms with E-state index in [1.165, 1.54) is 11.1 Å². The number of nitrogens with one attached hydrogen (secondary N) is 1. The van der Waals surface area contributed by atoms with E-state index >= 15 is 0 Å². The number of aromatic nitrogens is 2. The van der Waals surface area contributed by atoms with Gasteiger partial charge in [-0.05, 0) is 42.4 Å². The van der Waals surface area contributed by atoms with Crippen molar-refractivity contribution in [3.63, 3.8) is 0 Å². The topological polar surface area (TPSA) is 76.5 Å². The highest BCUT2D eigenvalue weighted by molar-refractivity contribution is 5.93. The number of carbonyl (C=O) groups excluding carboxylic acids is 2. The Hall–Kier alpha value is -3.45. The molecule has 0 spiro atoms. The Labute approximate surface area is 205 Å². The van der Waals surface area contributed by atoms with Gasteiger partial charge in [-0.1, -0.05) is 54.6 Å². The number of nitrogens with zero attached hydrogens (tertiary/aromatic N) is 3. The van der Waals surface area contributed by atoms with Crippen molar-refractivity contribution in [2.75, 3.05) is 13.1 Å². The van der Waals surface area contributed by atoms with Gasteiger partial charge in [0.05, 0.1) is 31.2 Å². The molecule has 7 nitrogen and oxygen atoms in total. The van der Waals surface area contributed by atoms with Crippen LogP contribution in [0.4, 0.5) is 0 Å². The number of likely N-dealkylation sites (tertiary alicyclic amines) is 1. The Kier molecular flexibility index (Phi) is 5.86. The highest BCUT2D eigenvalue weighted by Crippen LogP contribution is 2.32. The zero-order valence-electron chi connectivity index (χ0n) is 19.7. The summed E-state index contributed by atoms with van der Waals surface area (Å²) in [6.45, 7) is 2.14. The first-order chi connectivity index (χ1) is 17.2. The van der Waals surface area contributed by atoms with E-state index in [1.54, 1.807) is 6.33 Å². The van der Waals surface area contributed by atoms with Crippen molar-refractivity contribution in [2.24, 2.45) is 5.92 Å². The lowest BCUT2D eigenvalue weighted by atomic mass is 9.95. The van der Waals surface area contributed by atoms with Crippen LogP contribution < -0.4 is 5.32 Å². The molecule has 180 valence electrons. The van der Waals surface area contributed by atoms with Crippen LogP contribution in [0.15, 0.2) is 60.9 Å². The van der Waals surface area contributed by atoms with Crippen LogP contribution in [0.1, 0.15) is 64.3 Å². The molecule has 0 saturated carbocycles. The largest absolute Gasteiger partial charge is 0.365 e. The van der Waals surface area contributed by atoms with Crippen LogP contribution in [0.5, 0.6) is 0 Å². The molecule has 1 aliphatic carbocycles. The number of hydrogen-bond acceptors (Lipinski definition) is 4. The summed E-state index contributed by atoms with van der Waals surface area (Å²) in [7, 11) is 0. The van der Waals surface area contributed by atoms with Crippen LogP contribution in [0.25, 0.3) is 0 Å². The van der Waals surface area contributed by atoms with Crippen LogP contribution in [-0.2, 0) is 29.1 Å². The first-order valence-electron chi connectivity index (χ1n) is 12.6. The summed E-state index contributed by atoms with van der Waals surface area (Å²) in [4.78, 5) is 32.5. The minimum Gasteiger partial charge on any atom is -0.365 e. The molecule has 7 heteroatoms. The number of benzene rings is 2. The Balaban J connectivity index is 1.05. The number of piperidine rings is 1. The highest BCUT2D eigenvalue weighted by atomic mass is 16.5. The van der Waals surface area contributed by atoms with Gasteiger partial charge in [0.15, 0.2) is 5.69 Å². The molecule has 6 rings (SSSR count). The molecule has 0 unspecified atom stereocenters. The normalized spacial score (nSPS) is 21.9. The lowest BCUT2D eigenvalue weighted by Gasteiger charge is -2.32. The average Bonchev–Trinajstić information content (AvgIpc) is 3.53. The fourth-order valence-corrected chi connectivity index (χ4v) is 5.67. The molecule has 2 aliphatic heterocycles. The minimum absolute atomic E-state index is 0.0399. The number of imidazole rings is 1. The standard InChI is InChI=1S/C28H30N4O3/c33-27(30-23-11-10-19-6-4-5-9-22(19)23)21-12-14-31(15-13-21)28(34)26-24-17-35-25(16-32(24)18-29-26)20-7-2-1-3-8-20/h1-9,18,21,23,25H,10-17H2,(H,30,33)/t23-,25-/m1/s1. The maximum atomic E-state index is 13.3. The first kappa shape index (κ1) is 22.0. The predicted molar refractivity (Wildman–Crippen MR) is 130 cm³/mol. The van der Waals surface area contributed by atoms with Crippen molar-refractivity contribution in [3.05, 3.63) is 89.0 Å². The number of rotatable bonds is 4. The van der Waals surface area contributed by atoms with Crippen LogP contribution in [0.3, 0.4) is 0 Å². The maximum absolute atomic E-state index is 13.3. The van der Waals surface area contributed by atoms with Gasteiger partial charge in [-0.2, -0.15) is 0 Å². The van der Waals surface area contributed by atoms with Crippen LogP contribution >= 0.6 is 0 Å². The fraction of sp³-hybridized carbons (Fsp3) is 0.393. The predicted octanol–water partition coefficient (Wildman–Crippen LogP) is 3.81. The summed E-state index contributed by atoms with van der Waals surface area (Å²) in [5.74, 6) is -0.0136. The highest BCUT2D eigenvalue weighted by Gasteiger charge is 2.33. The Morgan fingerprint density at radius 2 is 1.74 bits per heavy atom. The molecule has 2 atom stereocenters. The van der Waals surface area contributed by atoms with Crippen molar-refractivity contribution in [1.29, 1.82) is 0 Å². The minimum atomic E-state index is -0.0657. The van der Waals surface area contributed by atoms with Crippen LogP contribution in [0.2, 0.25) is 0 Å². The summed E-state index contributed by atoms with van der Waals surface area (Å²) in [6, 6.07) is 18.6. The number of fused-ring (bicyclic) bond motifs is 2. The van der Waals surface area contributed by atoms with Gasteiger partial charge < -0.3 is 19.5 Å². The van der Waals surface area contributed by atoms with Crippen molar-refractivity contribution >= 4 is 11.8 Å². The number of amides is 2. The van der Waals surface area contributed by atoms with Gasteiger partial charge in [-0.3, -0.25) is 9.59 Å². The molecule has 0 radical (unpaired) electrons. The zero-order valence-corrected chi connectivity index (χ0v) is 19.7. The second-order valence-corrected chi connectivity index (χ2v) is 9.77. The summed E-state index contributed by atoms with van der Waals surface area (Å²) in [6.07, 6.45) is 5.03. The molecular formula is C28H30N4O3. The number of hydrogen-bond donors (Lipinski definition) is 1. The molecule has 1 aromatic heterocycles. The van der Waals surface area contributed by atoms with Gasteiger partial charge in [0.2, 0.25) is 5.91 Å². The van der Waals surface area contributed by atoms with E-state index in [-0.39, 0.29) is 29.9 Å². The van der Waals surface area contributed by atoms with Crippen molar-refractivity contribution < 1.29 is 14.3 Å². The van der Waals surface area contributed by atoms with E-state index in [0.29, 0.717) is 44.8 Å². The summed E-state index contributed by atoms with van der Waals surface area (Å²) in [5, 5.41) is 3.26. The summed E-state index contributed by atoms with van der Waals surface area (Å²) < 4.78 is 8.12. The summed E-state index contributed by atoms with van der Waals surface area (Å²) >= 11 is 0. The van der Waals surface area contributed by atoms with Gasteiger partial charge in [0.1, 0.15) is 6.10 Å². The molecule has 35 heavy (non-hydrogen) atoms. The molecule has 1 saturated heterocycles. The Bertz CT molecular complexity index is 1230. The van der Waals surface area contributed by atoms with Crippen molar-refractivity contribution in [1.82, 2.24) is 19.8 Å². The third kappa shape index (κ3) is 4.25. The number of carbonyl (C=O) groups is 2. The van der Waals surface area contributed by atoms with Crippen LogP contribution in [0, 0.1) is 5.92 Å². The Morgan fingerprint density at radius 1 is 0.971 bits per heavy atom. The molecular weight excluding hydrogens is 440 g/mol. The average molecular weight is 471 g/mol. The quantitative estimate of drug-likeness (QED) is 0.629. The summed E-state index contributed by atoms with van der Waals surface area (Å²) in [5.41, 5.74) is 5.01. The van der Waals surface area contributed by atoms with E-state index in [2.05, 4.69) is 40.6 Å². The van der Waals surface area contributed by atoms with Gasteiger partial charge in [-0.25, -0.2) is 4.98 Å². The molecule has 2 amide bonds. The monoisotopic (exact) mass is 470 g/mol. The van der Waals surface area contributed by atoms with Gasteiger partial charge in [0.25, 0.3) is 5.91 Å². The molecule has 3 aliphatic rings. The lowest BCUT2D eigenvalue weighted by Crippen LogP contribution is -2.44. The van der Waals surface area contributed by atoms with E-state index in [9.17, 15) is 9.59 Å². The molecule has 2 aromatic carbocycles. The Morgan fingerprint density at radius 3 is 2.57 bits per heavy atom. The number of aryl methyl sites for hydroxylation is 1. The lowest BCUT2D eigenvalue weighted by molar-refractivity contribution is -0.127. The van der Waals surface area contributed by atoms with Gasteiger partial charge in [0, 0.05) is 19.0 Å². The second-order valence-electron chi connectivity index (χ2n) is 9.77. The van der Waals surface area contributed by atoms with E-state index in [4.69, 9.17) is 4.74 Å². The third-order valence-electron chi connectivity index (χ3n) is 7.71. The molecule has 3 heterocycles. The zero-order chi connectivity index (χ0) is 23.8. The molecule has 1 fully saturated rings. The van der Waals surface area contributed by atoms with E-state index in [0.717, 1.165) is 24.1 Å². The van der Waals surface area contributed by atoms with Crippen molar-refractivity contribution in [3.8, 4) is 0 Å². The van der Waals surface area contributed by atoms with Gasteiger partial charge >= 0.3 is 0 Å². The SMILES string of the molecule is O=C(N[C@@H]1CCc2ccccc21)C1CCN(C(=O)c2ncn3c2CO[C@@H](c2ccccc2)C3)CC1.